The first-order valence-corrected chi connectivity index (χ1v) is 12.2. The highest BCUT2D eigenvalue weighted by Crippen LogP contribution is 2.40. The molecule has 0 fully saturated rings. The number of nitrogens with zero attached hydrogens (tertiary/aromatic N) is 1. The summed E-state index contributed by atoms with van der Waals surface area (Å²) in [7, 11) is 0. The van der Waals surface area contributed by atoms with Gasteiger partial charge in [-0.25, -0.2) is 5.43 Å². The van der Waals surface area contributed by atoms with Crippen LogP contribution in [0.15, 0.2) is 47.6 Å². The normalized spacial score (nSPS) is 13.7. The molecule has 0 radical (unpaired) electrons. The summed E-state index contributed by atoms with van der Waals surface area (Å²) in [6.45, 7) is 12.6. The van der Waals surface area contributed by atoms with Crippen LogP contribution < -0.4 is 5.43 Å². The predicted octanol–water partition coefficient (Wildman–Crippen LogP) is 6.32. The van der Waals surface area contributed by atoms with E-state index in [2.05, 4.69) is 82.4 Å². The second-order valence-electron chi connectivity index (χ2n) is 11.5. The van der Waals surface area contributed by atoms with Gasteiger partial charge in [-0.1, -0.05) is 84.0 Å². The molecule has 3 aromatic rings. The average Bonchev–Trinajstić information content (AvgIpc) is 3.17. The topological polar surface area (TPSA) is 61.7 Å². The molecule has 0 heterocycles. The molecule has 4 heteroatoms. The van der Waals surface area contributed by atoms with Crippen LogP contribution in [0.1, 0.15) is 81.3 Å². The van der Waals surface area contributed by atoms with Gasteiger partial charge in [-0.15, -0.1) is 0 Å². The fourth-order valence-electron chi connectivity index (χ4n) is 4.85. The van der Waals surface area contributed by atoms with Crippen molar-refractivity contribution in [2.45, 2.75) is 78.1 Å². The number of carbonyl (C=O) groups excluding carboxylic acids is 1. The van der Waals surface area contributed by atoms with E-state index in [0.717, 1.165) is 35.1 Å². The molecule has 4 nitrogen and oxygen atoms in total. The SMILES string of the molecule is CC(C)(C)c1cc(CCC(=O)N/N=C\c2ccc3c4c(cccc24)CC3)cc(C(C)(C)C)c1O. The molecule has 0 saturated carbocycles. The van der Waals surface area contributed by atoms with Gasteiger partial charge in [0.15, 0.2) is 0 Å². The van der Waals surface area contributed by atoms with E-state index in [1.807, 2.05) is 12.1 Å². The molecule has 34 heavy (non-hydrogen) atoms. The van der Waals surface area contributed by atoms with Crippen molar-refractivity contribution in [1.29, 1.82) is 0 Å². The van der Waals surface area contributed by atoms with E-state index >= 15 is 0 Å². The molecular weight excluding hydrogens is 420 g/mol. The third kappa shape index (κ3) is 4.86. The molecular formula is C30H36N2O2. The number of nitrogens with one attached hydrogen (secondary N) is 1. The van der Waals surface area contributed by atoms with Crippen LogP contribution in [0, 0.1) is 0 Å². The number of phenolic OH excluding ortho intramolecular Hbond substituents is 1. The van der Waals surface area contributed by atoms with Crippen LogP contribution in [0.25, 0.3) is 10.8 Å². The Labute approximate surface area is 203 Å². The summed E-state index contributed by atoms with van der Waals surface area (Å²) in [5, 5.41) is 17.7. The fourth-order valence-corrected chi connectivity index (χ4v) is 4.85. The standard InChI is InChI=1S/C30H36N2O2/c1-29(2,3)24-16-19(17-25(28(24)34)30(4,5)6)10-15-26(33)32-31-18-22-14-13-21-12-11-20-8-7-9-23(22)27(20)21/h7-9,13-14,16-18,34H,10-12,15H2,1-6H3,(H,32,33)/b31-18-. The van der Waals surface area contributed by atoms with E-state index < -0.39 is 0 Å². The molecule has 1 aliphatic carbocycles. The van der Waals surface area contributed by atoms with Gasteiger partial charge in [-0.05, 0) is 68.7 Å². The zero-order chi connectivity index (χ0) is 24.7. The van der Waals surface area contributed by atoms with Crippen molar-refractivity contribution < 1.29 is 9.90 Å². The van der Waals surface area contributed by atoms with Gasteiger partial charge in [-0.2, -0.15) is 5.10 Å². The van der Waals surface area contributed by atoms with Crippen LogP contribution in [-0.2, 0) is 34.9 Å². The smallest absolute Gasteiger partial charge is 0.240 e. The zero-order valence-electron chi connectivity index (χ0n) is 21.2. The molecule has 0 bridgehead atoms. The van der Waals surface area contributed by atoms with E-state index in [1.54, 1.807) is 6.21 Å². The lowest BCUT2D eigenvalue weighted by molar-refractivity contribution is -0.121. The number of benzene rings is 3. The number of amides is 1. The van der Waals surface area contributed by atoms with E-state index in [-0.39, 0.29) is 16.7 Å². The van der Waals surface area contributed by atoms with E-state index in [0.29, 0.717) is 18.6 Å². The Hall–Kier alpha value is -3.14. The lowest BCUT2D eigenvalue weighted by Gasteiger charge is -2.28. The molecule has 0 atom stereocenters. The molecule has 4 rings (SSSR count). The summed E-state index contributed by atoms with van der Waals surface area (Å²) in [6.07, 6.45) is 4.85. The molecule has 0 aromatic heterocycles. The molecule has 178 valence electrons. The quantitative estimate of drug-likeness (QED) is 0.348. The number of rotatable bonds is 5. The Balaban J connectivity index is 1.46. The zero-order valence-corrected chi connectivity index (χ0v) is 21.2. The van der Waals surface area contributed by atoms with Crippen LogP contribution in [0.3, 0.4) is 0 Å². The molecule has 0 aliphatic heterocycles. The average molecular weight is 457 g/mol. The maximum atomic E-state index is 12.5. The monoisotopic (exact) mass is 456 g/mol. The number of hydrogen-bond donors (Lipinski definition) is 2. The third-order valence-corrected chi connectivity index (χ3v) is 6.73. The van der Waals surface area contributed by atoms with Gasteiger partial charge < -0.3 is 5.11 Å². The number of hydrogen-bond acceptors (Lipinski definition) is 3. The van der Waals surface area contributed by atoms with Crippen molar-refractivity contribution in [2.75, 3.05) is 0 Å². The van der Waals surface area contributed by atoms with Crippen LogP contribution >= 0.6 is 0 Å². The Morgan fingerprint density at radius 3 is 2.21 bits per heavy atom. The van der Waals surface area contributed by atoms with Gasteiger partial charge in [0, 0.05) is 12.0 Å². The van der Waals surface area contributed by atoms with Crippen molar-refractivity contribution in [3.63, 3.8) is 0 Å². The van der Waals surface area contributed by atoms with Crippen molar-refractivity contribution in [3.8, 4) is 5.75 Å². The highest BCUT2D eigenvalue weighted by molar-refractivity contribution is 6.03. The van der Waals surface area contributed by atoms with Gasteiger partial charge in [0.1, 0.15) is 5.75 Å². The molecule has 2 N–H and O–H groups in total. The van der Waals surface area contributed by atoms with E-state index in [4.69, 9.17) is 0 Å². The third-order valence-electron chi connectivity index (χ3n) is 6.73. The van der Waals surface area contributed by atoms with Crippen molar-refractivity contribution in [1.82, 2.24) is 5.43 Å². The van der Waals surface area contributed by atoms with Crippen molar-refractivity contribution in [3.05, 3.63) is 75.8 Å². The Morgan fingerprint density at radius 1 is 0.971 bits per heavy atom. The highest BCUT2D eigenvalue weighted by Gasteiger charge is 2.26. The van der Waals surface area contributed by atoms with Gasteiger partial charge in [-0.3, -0.25) is 4.79 Å². The summed E-state index contributed by atoms with van der Waals surface area (Å²) in [4.78, 5) is 12.5. The van der Waals surface area contributed by atoms with Crippen molar-refractivity contribution in [2.24, 2.45) is 5.10 Å². The summed E-state index contributed by atoms with van der Waals surface area (Å²) in [6, 6.07) is 14.7. The maximum absolute atomic E-state index is 12.5. The second kappa shape index (κ2) is 8.90. The molecule has 1 amide bonds. The van der Waals surface area contributed by atoms with Gasteiger partial charge in [0.2, 0.25) is 5.91 Å². The number of hydrazone groups is 1. The summed E-state index contributed by atoms with van der Waals surface area (Å²) in [5.41, 5.74) is 9.01. The minimum Gasteiger partial charge on any atom is -0.507 e. The van der Waals surface area contributed by atoms with Crippen LogP contribution in [0.2, 0.25) is 0 Å². The Kier molecular flexibility index (Phi) is 6.28. The number of aryl methyl sites for hydroxylation is 3. The molecule has 0 unspecified atom stereocenters. The minimum absolute atomic E-state index is 0.120. The first-order chi connectivity index (χ1) is 15.9. The van der Waals surface area contributed by atoms with E-state index in [1.165, 1.54) is 21.9 Å². The van der Waals surface area contributed by atoms with Crippen LogP contribution in [0.4, 0.5) is 0 Å². The Bertz CT molecular complexity index is 1230. The Morgan fingerprint density at radius 2 is 1.59 bits per heavy atom. The summed E-state index contributed by atoms with van der Waals surface area (Å²) >= 11 is 0. The van der Waals surface area contributed by atoms with Crippen LogP contribution in [-0.4, -0.2) is 17.2 Å². The molecule has 0 saturated heterocycles. The molecule has 1 aliphatic rings. The van der Waals surface area contributed by atoms with Gasteiger partial charge in [0.25, 0.3) is 0 Å². The minimum atomic E-state index is -0.188. The fraction of sp³-hybridized carbons (Fsp3) is 0.400. The van der Waals surface area contributed by atoms with Crippen LogP contribution in [0.5, 0.6) is 5.75 Å². The largest absolute Gasteiger partial charge is 0.507 e. The van der Waals surface area contributed by atoms with Gasteiger partial charge in [0.05, 0.1) is 6.21 Å². The second-order valence-corrected chi connectivity index (χ2v) is 11.5. The molecule has 3 aromatic carbocycles. The number of phenols is 1. The first-order valence-electron chi connectivity index (χ1n) is 12.2. The highest BCUT2D eigenvalue weighted by atomic mass is 16.3. The summed E-state index contributed by atoms with van der Waals surface area (Å²) in [5.74, 6) is 0.244. The van der Waals surface area contributed by atoms with E-state index in [9.17, 15) is 9.90 Å². The first kappa shape index (κ1) is 24.0. The van der Waals surface area contributed by atoms with Crippen molar-refractivity contribution >= 4 is 22.9 Å². The molecule has 0 spiro atoms. The number of aromatic hydroxyl groups is 1. The lowest BCUT2D eigenvalue weighted by atomic mass is 9.78. The maximum Gasteiger partial charge on any atom is 0.240 e. The predicted molar refractivity (Wildman–Crippen MR) is 141 cm³/mol. The number of carbonyl (C=O) groups is 1. The van der Waals surface area contributed by atoms with Gasteiger partial charge >= 0.3 is 0 Å². The summed E-state index contributed by atoms with van der Waals surface area (Å²) < 4.78 is 0. The lowest BCUT2D eigenvalue weighted by Crippen LogP contribution is -2.20.